The largest absolute Gasteiger partial charge is 0.496 e. The molecule has 2 aromatic carbocycles. The van der Waals surface area contributed by atoms with Gasteiger partial charge in [-0.15, -0.1) is 0 Å². The van der Waals surface area contributed by atoms with Crippen molar-refractivity contribution in [2.24, 2.45) is 0 Å². The van der Waals surface area contributed by atoms with Crippen molar-refractivity contribution >= 4 is 17.5 Å². The highest BCUT2D eigenvalue weighted by Crippen LogP contribution is 2.30. The number of aromatic amines is 1. The van der Waals surface area contributed by atoms with Crippen molar-refractivity contribution in [2.75, 3.05) is 19.0 Å². The number of rotatable bonds is 5. The van der Waals surface area contributed by atoms with Gasteiger partial charge in [-0.25, -0.2) is 4.98 Å². The van der Waals surface area contributed by atoms with E-state index >= 15 is 0 Å². The van der Waals surface area contributed by atoms with E-state index in [1.807, 2.05) is 55.5 Å². The Bertz CT molecular complexity index is 1070. The lowest BCUT2D eigenvalue weighted by molar-refractivity contribution is -0.115. The first-order valence-electron chi connectivity index (χ1n) is 9.89. The number of carbonyl (C=O) groups is 2. The summed E-state index contributed by atoms with van der Waals surface area (Å²) in [7, 11) is 1.64. The molecule has 1 atom stereocenters. The highest BCUT2D eigenvalue weighted by atomic mass is 16.5. The molecule has 0 unspecified atom stereocenters. The van der Waals surface area contributed by atoms with Gasteiger partial charge < -0.3 is 20.4 Å². The number of nitrogens with one attached hydrogen (secondary N) is 3. The molecule has 0 bridgehead atoms. The lowest BCUT2D eigenvalue weighted by Crippen LogP contribution is -2.26. The molecule has 0 radical (unpaired) electrons. The van der Waals surface area contributed by atoms with Crippen LogP contribution in [0.5, 0.6) is 5.75 Å². The molecule has 0 saturated carbocycles. The molecule has 0 spiro atoms. The summed E-state index contributed by atoms with van der Waals surface area (Å²) in [6, 6.07) is 15.4. The molecule has 1 aliphatic heterocycles. The zero-order valence-corrected chi connectivity index (χ0v) is 17.0. The van der Waals surface area contributed by atoms with Crippen molar-refractivity contribution in [1.82, 2.24) is 15.3 Å². The van der Waals surface area contributed by atoms with Gasteiger partial charge in [0.1, 0.15) is 17.3 Å². The van der Waals surface area contributed by atoms with Gasteiger partial charge in [0.2, 0.25) is 5.91 Å². The second-order valence-corrected chi connectivity index (χ2v) is 7.45. The molecule has 1 aliphatic rings. The number of imidazole rings is 1. The Morgan fingerprint density at radius 3 is 2.73 bits per heavy atom. The summed E-state index contributed by atoms with van der Waals surface area (Å²) in [6.07, 6.45) is 0.661. The molecule has 2 heterocycles. The van der Waals surface area contributed by atoms with Gasteiger partial charge in [0.25, 0.3) is 5.91 Å². The lowest BCUT2D eigenvalue weighted by atomic mass is 9.93. The van der Waals surface area contributed by atoms with Gasteiger partial charge in [0, 0.05) is 23.8 Å². The Morgan fingerprint density at radius 2 is 1.97 bits per heavy atom. The number of amides is 2. The van der Waals surface area contributed by atoms with Crippen LogP contribution in [0.25, 0.3) is 0 Å². The zero-order chi connectivity index (χ0) is 21.1. The number of fused-ring (bicyclic) bond motifs is 1. The fraction of sp³-hybridized carbons (Fsp3) is 0.261. The van der Waals surface area contributed by atoms with E-state index in [9.17, 15) is 9.59 Å². The first-order valence-corrected chi connectivity index (χ1v) is 9.89. The number of aromatic nitrogens is 2. The van der Waals surface area contributed by atoms with Gasteiger partial charge in [-0.1, -0.05) is 35.9 Å². The van der Waals surface area contributed by atoms with Gasteiger partial charge in [-0.2, -0.15) is 0 Å². The quantitative estimate of drug-likeness (QED) is 0.609. The predicted molar refractivity (Wildman–Crippen MR) is 114 cm³/mol. The minimum Gasteiger partial charge on any atom is -0.496 e. The maximum Gasteiger partial charge on any atom is 0.271 e. The van der Waals surface area contributed by atoms with Crippen molar-refractivity contribution in [3.63, 3.8) is 0 Å². The van der Waals surface area contributed by atoms with Crippen molar-refractivity contribution in [1.29, 1.82) is 0 Å². The number of anilines is 1. The minimum atomic E-state index is -0.233. The van der Waals surface area contributed by atoms with Crippen molar-refractivity contribution < 1.29 is 14.3 Å². The number of methoxy groups -OCH3 is 1. The average Bonchev–Trinajstić information content (AvgIpc) is 3.07. The fourth-order valence-electron chi connectivity index (χ4n) is 3.72. The number of hydrogen-bond donors (Lipinski definition) is 3. The monoisotopic (exact) mass is 404 g/mol. The summed E-state index contributed by atoms with van der Waals surface area (Å²) in [4.78, 5) is 32.5. The van der Waals surface area contributed by atoms with Crippen LogP contribution >= 0.6 is 0 Å². The highest BCUT2D eigenvalue weighted by molar-refractivity contribution is 5.95. The van der Waals surface area contributed by atoms with E-state index in [-0.39, 0.29) is 24.2 Å². The van der Waals surface area contributed by atoms with Gasteiger partial charge >= 0.3 is 0 Å². The predicted octanol–water partition coefficient (Wildman–Crippen LogP) is 2.98. The van der Waals surface area contributed by atoms with Crippen LogP contribution in [0, 0.1) is 6.92 Å². The molecular formula is C23H24N4O3. The van der Waals surface area contributed by atoms with E-state index in [0.717, 1.165) is 28.3 Å². The Balaban J connectivity index is 1.51. The van der Waals surface area contributed by atoms with Crippen LogP contribution in [0.4, 0.5) is 5.69 Å². The van der Waals surface area contributed by atoms with Gasteiger partial charge in [-0.3, -0.25) is 9.59 Å². The maximum absolute atomic E-state index is 12.5. The average molecular weight is 404 g/mol. The molecule has 3 N–H and O–H groups in total. The Kier molecular flexibility index (Phi) is 5.52. The lowest BCUT2D eigenvalue weighted by Gasteiger charge is -2.17. The third-order valence-electron chi connectivity index (χ3n) is 5.24. The Labute approximate surface area is 174 Å². The van der Waals surface area contributed by atoms with Crippen LogP contribution in [-0.4, -0.2) is 35.4 Å². The second kappa shape index (κ2) is 8.41. The van der Waals surface area contributed by atoms with Gasteiger partial charge in [0.15, 0.2) is 0 Å². The van der Waals surface area contributed by atoms with E-state index in [2.05, 4.69) is 20.6 Å². The highest BCUT2D eigenvalue weighted by Gasteiger charge is 2.28. The molecule has 4 rings (SSSR count). The van der Waals surface area contributed by atoms with Gasteiger partial charge in [-0.05, 0) is 37.1 Å². The fourth-order valence-corrected chi connectivity index (χ4v) is 3.72. The minimum absolute atomic E-state index is 0.0426. The normalized spacial score (nSPS) is 15.7. The second-order valence-electron chi connectivity index (χ2n) is 7.45. The summed E-state index contributed by atoms with van der Waals surface area (Å²) < 4.78 is 5.48. The summed E-state index contributed by atoms with van der Waals surface area (Å²) >= 11 is 0. The van der Waals surface area contributed by atoms with Crippen LogP contribution in [-0.2, 0) is 17.6 Å². The van der Waals surface area contributed by atoms with E-state index in [0.29, 0.717) is 24.5 Å². The van der Waals surface area contributed by atoms with Crippen molar-refractivity contribution in [3.05, 3.63) is 76.9 Å². The first-order chi connectivity index (χ1) is 14.5. The SMILES string of the molecule is COc1ccccc1[C@H]1CNC(=O)c2nc(CC(=O)Nc3ccc(C)cc3)[nH]c2C1. The standard InChI is InChI=1S/C23H24N4O3/c1-14-7-9-16(10-8-14)25-21(28)12-20-26-18-11-15(13-24-23(29)22(18)27-20)17-5-3-4-6-19(17)30-2/h3-10,15H,11-13H2,1-2H3,(H,24,29)(H,25,28)(H,26,27)/t15-/m1/s1. The smallest absolute Gasteiger partial charge is 0.271 e. The van der Waals surface area contributed by atoms with Crippen molar-refractivity contribution in [3.8, 4) is 5.75 Å². The van der Waals surface area contributed by atoms with Crippen LogP contribution in [0.1, 0.15) is 39.1 Å². The van der Waals surface area contributed by atoms with Crippen LogP contribution in [0.15, 0.2) is 48.5 Å². The first kappa shape index (κ1) is 19.7. The molecule has 2 amide bonds. The molecule has 0 aliphatic carbocycles. The van der Waals surface area contributed by atoms with E-state index in [1.54, 1.807) is 7.11 Å². The number of H-pyrrole nitrogens is 1. The van der Waals surface area contributed by atoms with E-state index in [4.69, 9.17) is 4.74 Å². The summed E-state index contributed by atoms with van der Waals surface area (Å²) in [5, 5.41) is 5.79. The number of para-hydroxylation sites is 1. The van der Waals surface area contributed by atoms with E-state index < -0.39 is 0 Å². The third-order valence-corrected chi connectivity index (χ3v) is 5.24. The van der Waals surface area contributed by atoms with E-state index in [1.165, 1.54) is 0 Å². The third kappa shape index (κ3) is 4.20. The number of benzene rings is 2. The molecule has 30 heavy (non-hydrogen) atoms. The summed E-state index contributed by atoms with van der Waals surface area (Å²) in [5.74, 6) is 0.882. The molecule has 7 nitrogen and oxygen atoms in total. The molecule has 0 saturated heterocycles. The number of hydrogen-bond acceptors (Lipinski definition) is 4. The molecule has 154 valence electrons. The number of ether oxygens (including phenoxy) is 1. The van der Waals surface area contributed by atoms with Crippen LogP contribution in [0.2, 0.25) is 0 Å². The van der Waals surface area contributed by atoms with Crippen LogP contribution in [0.3, 0.4) is 0 Å². The molecule has 1 aromatic heterocycles. The molecule has 0 fully saturated rings. The zero-order valence-electron chi connectivity index (χ0n) is 17.0. The Hall–Kier alpha value is -3.61. The molecule has 7 heteroatoms. The number of nitrogens with zero attached hydrogens (tertiary/aromatic N) is 1. The summed E-state index contributed by atoms with van der Waals surface area (Å²) in [6.45, 7) is 2.48. The van der Waals surface area contributed by atoms with Crippen molar-refractivity contribution in [2.45, 2.75) is 25.7 Å². The van der Waals surface area contributed by atoms with Crippen LogP contribution < -0.4 is 15.4 Å². The number of aryl methyl sites for hydroxylation is 1. The Morgan fingerprint density at radius 1 is 1.20 bits per heavy atom. The molecular weight excluding hydrogens is 380 g/mol. The topological polar surface area (TPSA) is 96.1 Å². The van der Waals surface area contributed by atoms with Gasteiger partial charge in [0.05, 0.1) is 13.5 Å². The summed E-state index contributed by atoms with van der Waals surface area (Å²) in [5.41, 5.74) is 3.97. The maximum atomic E-state index is 12.5. The molecule has 3 aromatic rings. The number of carbonyl (C=O) groups excluding carboxylic acids is 2.